The Kier molecular flexibility index (Phi) is 11.4. The van der Waals surface area contributed by atoms with Gasteiger partial charge in [0, 0.05) is 29.8 Å². The monoisotopic (exact) mass is 704 g/mol. The molecule has 1 saturated heterocycles. The van der Waals surface area contributed by atoms with Crippen LogP contribution in [0.1, 0.15) is 55.9 Å². The fourth-order valence-electron chi connectivity index (χ4n) is 7.08. The van der Waals surface area contributed by atoms with Crippen molar-refractivity contribution in [1.29, 1.82) is 0 Å². The first-order valence-corrected chi connectivity index (χ1v) is 18.0. The van der Waals surface area contributed by atoms with Crippen molar-refractivity contribution < 1.29 is 23.9 Å². The van der Waals surface area contributed by atoms with Gasteiger partial charge in [0.15, 0.2) is 6.10 Å². The number of carbonyl (C=O) groups is 4. The minimum absolute atomic E-state index is 0.0897. The number of nitrogens with one attached hydrogen (secondary N) is 4. The smallest absolute Gasteiger partial charge is 0.247 e. The Labute approximate surface area is 304 Å². The molecule has 1 fully saturated rings. The number of aromatic nitrogens is 1. The maximum absolute atomic E-state index is 14.4. The van der Waals surface area contributed by atoms with Crippen molar-refractivity contribution in [2.75, 3.05) is 20.6 Å². The summed E-state index contributed by atoms with van der Waals surface area (Å²) in [4.78, 5) is 63.4. The van der Waals surface area contributed by atoms with Crippen molar-refractivity contribution >= 4 is 40.6 Å². The molecule has 1 aromatic heterocycles. The zero-order valence-corrected chi connectivity index (χ0v) is 30.2. The highest BCUT2D eigenvalue weighted by Crippen LogP contribution is 2.29. The standard InChI is InChI=1S/C41H48N6O5/c1-26(2)23-33-38(48)42-21-20-27-16-18-30(19-17-27)52-37(28-11-6-5-7-12-28)36(40(50)44-33)45-39(49)34-15-10-22-47(34)41(51)35(46(3)4)24-29-25-43-32-14-9-8-13-31(29)32/h5-9,11-14,16-21,25-26,33-37,43H,10,15,22-24H2,1-4H3,(H,42,48)(H,44,50)(H,45,49)/b21-20+/t33-,34?,35?,36?,37-/m0/s1. The lowest BCUT2D eigenvalue weighted by atomic mass is 9.98. The molecule has 5 atom stereocenters. The van der Waals surface area contributed by atoms with Crippen molar-refractivity contribution in [2.24, 2.45) is 5.92 Å². The number of hydrogen-bond donors (Lipinski definition) is 4. The average molecular weight is 705 g/mol. The number of likely N-dealkylation sites (N-methyl/N-ethyl adjacent to an activating group) is 1. The largest absolute Gasteiger partial charge is 0.483 e. The second-order valence-electron chi connectivity index (χ2n) is 14.3. The summed E-state index contributed by atoms with van der Waals surface area (Å²) in [6.07, 6.45) is 6.24. The van der Waals surface area contributed by atoms with E-state index in [1.807, 2.05) is 106 Å². The molecule has 7 rings (SSSR count). The molecule has 4 N–H and O–H groups in total. The molecule has 0 spiro atoms. The molecule has 2 bridgehead atoms. The molecule has 3 aliphatic heterocycles. The van der Waals surface area contributed by atoms with E-state index in [9.17, 15) is 19.2 Å². The summed E-state index contributed by atoms with van der Waals surface area (Å²) in [7, 11) is 3.74. The van der Waals surface area contributed by atoms with Crippen molar-refractivity contribution in [3.8, 4) is 5.75 Å². The van der Waals surface area contributed by atoms with E-state index in [1.165, 1.54) is 0 Å². The molecule has 0 aliphatic carbocycles. The highest BCUT2D eigenvalue weighted by molar-refractivity contribution is 5.96. The van der Waals surface area contributed by atoms with Gasteiger partial charge in [0.1, 0.15) is 23.9 Å². The number of nitrogens with zero attached hydrogens (tertiary/aromatic N) is 2. The molecule has 11 heteroatoms. The highest BCUT2D eigenvalue weighted by atomic mass is 16.5. The summed E-state index contributed by atoms with van der Waals surface area (Å²) in [5.41, 5.74) is 3.53. The minimum atomic E-state index is -1.25. The van der Waals surface area contributed by atoms with Crippen LogP contribution in [-0.2, 0) is 25.6 Å². The second-order valence-corrected chi connectivity index (χ2v) is 14.3. The van der Waals surface area contributed by atoms with E-state index in [0.717, 1.165) is 22.0 Å². The number of hydrogen-bond acceptors (Lipinski definition) is 6. The van der Waals surface area contributed by atoms with E-state index < -0.39 is 42.1 Å². The Morgan fingerprint density at radius 1 is 0.962 bits per heavy atom. The summed E-state index contributed by atoms with van der Waals surface area (Å²) in [5, 5.41) is 9.79. The molecule has 3 unspecified atom stereocenters. The number of fused-ring (bicyclic) bond motifs is 11. The highest BCUT2D eigenvalue weighted by Gasteiger charge is 2.42. The summed E-state index contributed by atoms with van der Waals surface area (Å²) in [6, 6.07) is 21.1. The summed E-state index contributed by atoms with van der Waals surface area (Å²) in [6.45, 7) is 4.37. The number of amides is 4. The molecular formula is C41H48N6O5. The molecule has 272 valence electrons. The molecule has 4 heterocycles. The van der Waals surface area contributed by atoms with Crippen LogP contribution in [0.3, 0.4) is 0 Å². The van der Waals surface area contributed by atoms with Gasteiger partial charge in [-0.15, -0.1) is 0 Å². The predicted molar refractivity (Wildman–Crippen MR) is 201 cm³/mol. The number of ether oxygens (including phenoxy) is 1. The van der Waals surface area contributed by atoms with Gasteiger partial charge in [-0.3, -0.25) is 24.1 Å². The van der Waals surface area contributed by atoms with Crippen LogP contribution in [0.5, 0.6) is 5.75 Å². The SMILES string of the molecule is CC(C)C[C@@H]1NC(=O)C(NC(=O)C2CCCN2C(=O)C(Cc2c[nH]c3ccccc23)N(C)C)[C@H](c2ccccc2)Oc2ccc(cc2)/C=C/NC1=O. The third kappa shape index (κ3) is 8.37. The van der Waals surface area contributed by atoms with E-state index >= 15 is 0 Å². The molecule has 4 amide bonds. The lowest BCUT2D eigenvalue weighted by Gasteiger charge is -2.34. The number of aromatic amines is 1. The third-order valence-electron chi connectivity index (χ3n) is 9.83. The Morgan fingerprint density at radius 2 is 1.69 bits per heavy atom. The molecule has 3 aliphatic rings. The van der Waals surface area contributed by atoms with E-state index in [2.05, 4.69) is 20.9 Å². The van der Waals surface area contributed by atoms with Gasteiger partial charge in [-0.05, 0) is 86.7 Å². The number of para-hydroxylation sites is 1. The topological polar surface area (TPSA) is 136 Å². The fourth-order valence-corrected chi connectivity index (χ4v) is 7.08. The van der Waals surface area contributed by atoms with Crippen LogP contribution >= 0.6 is 0 Å². The van der Waals surface area contributed by atoms with E-state index in [4.69, 9.17) is 4.74 Å². The predicted octanol–water partition coefficient (Wildman–Crippen LogP) is 4.57. The van der Waals surface area contributed by atoms with Gasteiger partial charge >= 0.3 is 0 Å². The number of H-pyrrole nitrogens is 1. The second kappa shape index (κ2) is 16.3. The average Bonchev–Trinajstić information content (AvgIpc) is 3.80. The molecule has 11 nitrogen and oxygen atoms in total. The normalized spacial score (nSPS) is 22.1. The first-order valence-electron chi connectivity index (χ1n) is 18.0. The van der Waals surface area contributed by atoms with Crippen molar-refractivity contribution in [3.05, 3.63) is 108 Å². The van der Waals surface area contributed by atoms with Crippen LogP contribution in [-0.4, -0.2) is 83.2 Å². The lowest BCUT2D eigenvalue weighted by molar-refractivity contribution is -0.143. The molecular weight excluding hydrogens is 656 g/mol. The van der Waals surface area contributed by atoms with Gasteiger partial charge in [0.2, 0.25) is 23.6 Å². The van der Waals surface area contributed by atoms with Crippen LogP contribution in [0.4, 0.5) is 0 Å². The Morgan fingerprint density at radius 3 is 2.42 bits per heavy atom. The first-order chi connectivity index (χ1) is 25.1. The Bertz CT molecular complexity index is 1900. The molecule has 3 aromatic carbocycles. The van der Waals surface area contributed by atoms with Crippen LogP contribution in [0, 0.1) is 5.92 Å². The minimum Gasteiger partial charge on any atom is -0.483 e. The summed E-state index contributed by atoms with van der Waals surface area (Å²) in [5.74, 6) is -0.951. The Hall–Kier alpha value is -5.42. The number of carbonyl (C=O) groups excluding carboxylic acids is 4. The molecule has 4 aromatic rings. The van der Waals surface area contributed by atoms with Gasteiger partial charge in [-0.2, -0.15) is 0 Å². The third-order valence-corrected chi connectivity index (χ3v) is 9.83. The zero-order chi connectivity index (χ0) is 36.8. The van der Waals surface area contributed by atoms with Gasteiger partial charge in [-0.1, -0.05) is 74.5 Å². The van der Waals surface area contributed by atoms with E-state index in [-0.39, 0.29) is 17.7 Å². The number of likely N-dealkylation sites (tertiary alicyclic amines) is 1. The van der Waals surface area contributed by atoms with E-state index in [1.54, 1.807) is 29.3 Å². The Balaban J connectivity index is 1.31. The maximum Gasteiger partial charge on any atom is 0.247 e. The van der Waals surface area contributed by atoms with Crippen molar-refractivity contribution in [1.82, 2.24) is 30.7 Å². The number of benzene rings is 3. The number of rotatable bonds is 9. The van der Waals surface area contributed by atoms with Crippen molar-refractivity contribution in [2.45, 2.75) is 69.8 Å². The molecule has 52 heavy (non-hydrogen) atoms. The molecule has 0 radical (unpaired) electrons. The maximum atomic E-state index is 14.4. The van der Waals surface area contributed by atoms with Crippen LogP contribution < -0.4 is 20.7 Å². The quantitative estimate of drug-likeness (QED) is 0.202. The first kappa shape index (κ1) is 36.4. The van der Waals surface area contributed by atoms with E-state index in [0.29, 0.717) is 43.5 Å². The van der Waals surface area contributed by atoms with Crippen LogP contribution in [0.25, 0.3) is 17.0 Å². The van der Waals surface area contributed by atoms with Gasteiger partial charge in [-0.25, -0.2) is 0 Å². The zero-order valence-electron chi connectivity index (χ0n) is 30.2. The van der Waals surface area contributed by atoms with Crippen LogP contribution in [0.15, 0.2) is 91.3 Å². The van der Waals surface area contributed by atoms with Gasteiger partial charge in [0.25, 0.3) is 0 Å². The van der Waals surface area contributed by atoms with Crippen LogP contribution in [0.2, 0.25) is 0 Å². The fraction of sp³-hybridized carbons (Fsp3) is 0.366. The molecule has 0 saturated carbocycles. The lowest BCUT2D eigenvalue weighted by Crippen LogP contribution is -2.59. The van der Waals surface area contributed by atoms with Gasteiger partial charge < -0.3 is 30.6 Å². The summed E-state index contributed by atoms with van der Waals surface area (Å²) >= 11 is 0. The van der Waals surface area contributed by atoms with Crippen molar-refractivity contribution in [3.63, 3.8) is 0 Å². The van der Waals surface area contributed by atoms with Gasteiger partial charge in [0.05, 0.1) is 6.04 Å². The summed E-state index contributed by atoms with van der Waals surface area (Å²) < 4.78 is 6.54.